The summed E-state index contributed by atoms with van der Waals surface area (Å²) in [6, 6.07) is 26.7. The first-order valence-corrected chi connectivity index (χ1v) is 14.2. The number of alkyl halides is 1. The number of hydrogen-bond acceptors (Lipinski definition) is 2. The molecular formula is C34H43FN2. The van der Waals surface area contributed by atoms with E-state index in [2.05, 4.69) is 60.4 Å². The van der Waals surface area contributed by atoms with Crippen LogP contribution in [-0.2, 0) is 12.8 Å². The van der Waals surface area contributed by atoms with E-state index in [1.54, 1.807) is 0 Å². The van der Waals surface area contributed by atoms with E-state index in [0.29, 0.717) is 12.8 Å². The van der Waals surface area contributed by atoms with E-state index in [-0.39, 0.29) is 0 Å². The Labute approximate surface area is 223 Å². The fourth-order valence-electron chi connectivity index (χ4n) is 4.61. The van der Waals surface area contributed by atoms with Crippen molar-refractivity contribution in [3.05, 3.63) is 107 Å². The van der Waals surface area contributed by atoms with Crippen molar-refractivity contribution in [1.29, 1.82) is 0 Å². The standard InChI is InChI=1S/C34H43FN2/c1-3-5-7-8-11-16-29-17-14-15-20-32(29)27-36-37-34(30-18-12-9-13-19-30)31-24-22-28(23-25-31)26-33(35)21-10-6-4-2/h9,12-15,17-20,22-25,27,33H,3-8,10-11,16,21,26H2,1-2H3. The van der Waals surface area contributed by atoms with Gasteiger partial charge in [-0.1, -0.05) is 138 Å². The number of aryl methyl sites for hydroxylation is 1. The highest BCUT2D eigenvalue weighted by atomic mass is 19.1. The molecule has 0 spiro atoms. The van der Waals surface area contributed by atoms with E-state index < -0.39 is 6.17 Å². The van der Waals surface area contributed by atoms with E-state index in [0.717, 1.165) is 53.6 Å². The first-order valence-electron chi connectivity index (χ1n) is 14.2. The number of unbranched alkanes of at least 4 members (excludes halogenated alkanes) is 6. The number of rotatable bonds is 16. The molecule has 0 N–H and O–H groups in total. The summed E-state index contributed by atoms with van der Waals surface area (Å²) < 4.78 is 14.4. The van der Waals surface area contributed by atoms with Gasteiger partial charge in [0.15, 0.2) is 0 Å². The van der Waals surface area contributed by atoms with Crippen molar-refractivity contribution in [3.63, 3.8) is 0 Å². The molecule has 0 amide bonds. The second-order valence-corrected chi connectivity index (χ2v) is 9.92. The topological polar surface area (TPSA) is 24.7 Å². The molecule has 0 fully saturated rings. The van der Waals surface area contributed by atoms with Crippen LogP contribution in [0.25, 0.3) is 0 Å². The van der Waals surface area contributed by atoms with Gasteiger partial charge in [-0.3, -0.25) is 0 Å². The zero-order chi connectivity index (χ0) is 26.1. The molecule has 0 saturated carbocycles. The second kappa shape index (κ2) is 16.6. The molecule has 1 unspecified atom stereocenters. The number of hydrogen-bond donors (Lipinski definition) is 0. The van der Waals surface area contributed by atoms with Gasteiger partial charge >= 0.3 is 0 Å². The van der Waals surface area contributed by atoms with Crippen molar-refractivity contribution in [2.75, 3.05) is 0 Å². The Morgan fingerprint density at radius 1 is 0.730 bits per heavy atom. The predicted molar refractivity (Wildman–Crippen MR) is 158 cm³/mol. The molecule has 0 saturated heterocycles. The van der Waals surface area contributed by atoms with Gasteiger partial charge < -0.3 is 0 Å². The lowest BCUT2D eigenvalue weighted by Crippen LogP contribution is -2.06. The Kier molecular flexibility index (Phi) is 12.8. The molecule has 0 aromatic heterocycles. The molecular weight excluding hydrogens is 455 g/mol. The average Bonchev–Trinajstić information content (AvgIpc) is 2.93. The Bertz CT molecular complexity index is 1090. The largest absolute Gasteiger partial charge is 0.247 e. The highest BCUT2D eigenvalue weighted by Gasteiger charge is 2.10. The van der Waals surface area contributed by atoms with Gasteiger partial charge in [-0.05, 0) is 36.0 Å². The monoisotopic (exact) mass is 498 g/mol. The Morgan fingerprint density at radius 3 is 2.14 bits per heavy atom. The minimum atomic E-state index is -0.782. The van der Waals surface area contributed by atoms with Gasteiger partial charge in [-0.25, -0.2) is 4.39 Å². The molecule has 1 atom stereocenters. The van der Waals surface area contributed by atoms with Gasteiger partial charge in [-0.2, -0.15) is 5.10 Å². The zero-order valence-corrected chi connectivity index (χ0v) is 22.7. The van der Waals surface area contributed by atoms with Gasteiger partial charge in [0.2, 0.25) is 0 Å². The summed E-state index contributed by atoms with van der Waals surface area (Å²) in [7, 11) is 0. The van der Waals surface area contributed by atoms with E-state index in [9.17, 15) is 4.39 Å². The molecule has 0 bridgehead atoms. The van der Waals surface area contributed by atoms with E-state index in [1.165, 1.54) is 37.7 Å². The van der Waals surface area contributed by atoms with Crippen LogP contribution in [-0.4, -0.2) is 18.1 Å². The normalized spacial score (nSPS) is 12.8. The minimum absolute atomic E-state index is 0.467. The second-order valence-electron chi connectivity index (χ2n) is 9.92. The van der Waals surface area contributed by atoms with Crippen molar-refractivity contribution in [3.8, 4) is 0 Å². The van der Waals surface area contributed by atoms with Gasteiger partial charge in [-0.15, -0.1) is 5.10 Å². The number of benzene rings is 3. The lowest BCUT2D eigenvalue weighted by atomic mass is 9.98. The molecule has 3 rings (SSSR count). The lowest BCUT2D eigenvalue weighted by molar-refractivity contribution is 0.304. The third kappa shape index (κ3) is 10.1. The van der Waals surface area contributed by atoms with E-state index >= 15 is 0 Å². The molecule has 196 valence electrons. The van der Waals surface area contributed by atoms with Crippen LogP contribution >= 0.6 is 0 Å². The Hall–Kier alpha value is -3.07. The summed E-state index contributed by atoms with van der Waals surface area (Å²) in [4.78, 5) is 0. The quantitative estimate of drug-likeness (QED) is 0.107. The maximum atomic E-state index is 14.4. The third-order valence-electron chi connectivity index (χ3n) is 6.81. The molecule has 3 heteroatoms. The highest BCUT2D eigenvalue weighted by Crippen LogP contribution is 2.17. The van der Waals surface area contributed by atoms with Crippen molar-refractivity contribution < 1.29 is 4.39 Å². The van der Waals surface area contributed by atoms with Gasteiger partial charge in [0, 0.05) is 17.5 Å². The summed E-state index contributed by atoms with van der Waals surface area (Å²) in [5.74, 6) is 0. The van der Waals surface area contributed by atoms with Crippen LogP contribution < -0.4 is 0 Å². The molecule has 0 aliphatic rings. The summed E-state index contributed by atoms with van der Waals surface area (Å²) >= 11 is 0. The molecule has 0 radical (unpaired) electrons. The maximum absolute atomic E-state index is 14.4. The Morgan fingerprint density at radius 2 is 1.38 bits per heavy atom. The van der Waals surface area contributed by atoms with Crippen LogP contribution in [0.5, 0.6) is 0 Å². The summed E-state index contributed by atoms with van der Waals surface area (Å²) in [5.41, 5.74) is 6.29. The molecule has 37 heavy (non-hydrogen) atoms. The maximum Gasteiger partial charge on any atom is 0.104 e. The van der Waals surface area contributed by atoms with Crippen molar-refractivity contribution in [2.24, 2.45) is 10.2 Å². The first kappa shape index (κ1) is 28.5. The molecule has 0 aliphatic carbocycles. The summed E-state index contributed by atoms with van der Waals surface area (Å²) in [5, 5.41) is 9.20. The fraction of sp³-hybridized carbons (Fsp3) is 0.412. The SMILES string of the molecule is CCCCCCCc1ccccc1C=NN=C(c1ccccc1)c1ccc(CC(F)CCCCC)cc1. The minimum Gasteiger partial charge on any atom is -0.247 e. The molecule has 3 aromatic rings. The van der Waals surface area contributed by atoms with Crippen LogP contribution in [0.1, 0.15) is 99.5 Å². The van der Waals surface area contributed by atoms with E-state index in [4.69, 9.17) is 0 Å². The van der Waals surface area contributed by atoms with Crippen LogP contribution in [0.3, 0.4) is 0 Å². The zero-order valence-electron chi connectivity index (χ0n) is 22.7. The van der Waals surface area contributed by atoms with Crippen LogP contribution in [0.4, 0.5) is 4.39 Å². The van der Waals surface area contributed by atoms with Gasteiger partial charge in [0.25, 0.3) is 0 Å². The van der Waals surface area contributed by atoms with Crippen LogP contribution in [0.2, 0.25) is 0 Å². The Balaban J connectivity index is 1.74. The smallest absolute Gasteiger partial charge is 0.104 e. The number of nitrogens with zero attached hydrogens (tertiary/aromatic N) is 2. The average molecular weight is 499 g/mol. The summed E-state index contributed by atoms with van der Waals surface area (Å²) in [6.45, 7) is 4.40. The van der Waals surface area contributed by atoms with Crippen LogP contribution in [0, 0.1) is 0 Å². The molecule has 0 aliphatic heterocycles. The van der Waals surface area contributed by atoms with Crippen LogP contribution in [0.15, 0.2) is 89.1 Å². The lowest BCUT2D eigenvalue weighted by Gasteiger charge is -2.10. The third-order valence-corrected chi connectivity index (χ3v) is 6.81. The van der Waals surface area contributed by atoms with Gasteiger partial charge in [0.1, 0.15) is 11.9 Å². The van der Waals surface area contributed by atoms with Crippen molar-refractivity contribution >= 4 is 11.9 Å². The van der Waals surface area contributed by atoms with Gasteiger partial charge in [0.05, 0.1) is 6.21 Å². The predicted octanol–water partition coefficient (Wildman–Crippen LogP) is 9.53. The van der Waals surface area contributed by atoms with E-state index in [1.807, 2.05) is 48.7 Å². The molecule has 0 heterocycles. The summed E-state index contributed by atoms with van der Waals surface area (Å²) in [6.07, 6.45) is 12.8. The highest BCUT2D eigenvalue weighted by molar-refractivity contribution is 6.13. The fourth-order valence-corrected chi connectivity index (χ4v) is 4.61. The number of halogens is 1. The molecule has 2 nitrogen and oxygen atoms in total. The van der Waals surface area contributed by atoms with Crippen molar-refractivity contribution in [2.45, 2.75) is 90.6 Å². The molecule has 3 aromatic carbocycles. The van der Waals surface area contributed by atoms with Crippen molar-refractivity contribution in [1.82, 2.24) is 0 Å². The first-order chi connectivity index (χ1) is 18.2.